The van der Waals surface area contributed by atoms with Gasteiger partial charge in [-0.3, -0.25) is 20.4 Å². The first-order valence-corrected chi connectivity index (χ1v) is 11.0. The molecule has 0 unspecified atom stereocenters. The zero-order valence-corrected chi connectivity index (χ0v) is 18.5. The number of hydrogen-bond acceptors (Lipinski definition) is 6. The van der Waals surface area contributed by atoms with Crippen molar-refractivity contribution in [3.8, 4) is 17.1 Å². The van der Waals surface area contributed by atoms with Crippen molar-refractivity contribution in [2.75, 3.05) is 6.61 Å². The van der Waals surface area contributed by atoms with Gasteiger partial charge >= 0.3 is 0 Å². The molecule has 0 radical (unpaired) electrons. The van der Waals surface area contributed by atoms with Gasteiger partial charge in [0.15, 0.2) is 0 Å². The van der Waals surface area contributed by atoms with Crippen LogP contribution in [0.5, 0.6) is 5.75 Å². The van der Waals surface area contributed by atoms with Crippen molar-refractivity contribution in [3.63, 3.8) is 0 Å². The lowest BCUT2D eigenvalue weighted by molar-refractivity contribution is -0.121. The first kappa shape index (κ1) is 23.9. The van der Waals surface area contributed by atoms with E-state index in [1.54, 1.807) is 36.4 Å². The zero-order valence-electron chi connectivity index (χ0n) is 18.5. The molecule has 0 saturated heterocycles. The lowest BCUT2D eigenvalue weighted by Crippen LogP contribution is -2.41. The van der Waals surface area contributed by atoms with Crippen LogP contribution in [0.2, 0.25) is 0 Å². The minimum atomic E-state index is -0.436. The Hall–Kier alpha value is -3.75. The number of carbonyl (C=O) groups excluding carboxylic acids is 2. The van der Waals surface area contributed by atoms with E-state index in [9.17, 15) is 14.0 Å². The Bertz CT molecular complexity index is 1040. The van der Waals surface area contributed by atoms with Crippen molar-refractivity contribution < 1.29 is 23.2 Å². The van der Waals surface area contributed by atoms with E-state index in [-0.39, 0.29) is 24.5 Å². The van der Waals surface area contributed by atoms with Crippen LogP contribution in [0.3, 0.4) is 0 Å². The molecule has 1 aromatic heterocycles. The Morgan fingerprint density at radius 1 is 1.00 bits per heavy atom. The minimum Gasteiger partial charge on any atom is -0.494 e. The maximum atomic E-state index is 13.0. The summed E-state index contributed by atoms with van der Waals surface area (Å²) in [5.74, 6) is 0.0780. The number of hydrazine groups is 1. The van der Waals surface area contributed by atoms with E-state index < -0.39 is 11.8 Å². The molecule has 0 aliphatic heterocycles. The van der Waals surface area contributed by atoms with Gasteiger partial charge in [0.2, 0.25) is 17.6 Å². The molecule has 0 bridgehead atoms. The predicted octanol–water partition coefficient (Wildman–Crippen LogP) is 4.23. The molecule has 2 aromatic carbocycles. The van der Waals surface area contributed by atoms with Crippen molar-refractivity contribution in [2.24, 2.45) is 0 Å². The van der Waals surface area contributed by atoms with Crippen LogP contribution in [0.15, 0.2) is 53.1 Å². The standard InChI is InChI=1S/C24H27FN4O4/c1-2-3-4-5-16-32-20-12-8-18(9-13-20)24(31)28-27-21(30)14-15-22-26-23(29-33-22)17-6-10-19(25)11-7-17/h6-13H,2-5,14-16H2,1H3,(H,27,30)(H,28,31). The highest BCUT2D eigenvalue weighted by molar-refractivity contribution is 5.95. The van der Waals surface area contributed by atoms with E-state index >= 15 is 0 Å². The molecule has 0 aliphatic carbocycles. The number of benzene rings is 2. The molecule has 3 rings (SSSR count). The maximum Gasteiger partial charge on any atom is 0.269 e. The average Bonchev–Trinajstić information content (AvgIpc) is 3.31. The Morgan fingerprint density at radius 3 is 2.48 bits per heavy atom. The highest BCUT2D eigenvalue weighted by Crippen LogP contribution is 2.17. The number of ether oxygens (including phenoxy) is 1. The second-order valence-corrected chi connectivity index (χ2v) is 7.45. The van der Waals surface area contributed by atoms with Gasteiger partial charge in [0.25, 0.3) is 5.91 Å². The molecular formula is C24H27FN4O4. The summed E-state index contributed by atoms with van der Waals surface area (Å²) in [7, 11) is 0. The molecule has 33 heavy (non-hydrogen) atoms. The summed E-state index contributed by atoms with van der Waals surface area (Å²) in [5.41, 5.74) is 5.74. The van der Waals surface area contributed by atoms with Gasteiger partial charge in [-0.1, -0.05) is 31.3 Å². The number of aromatic nitrogens is 2. The Kier molecular flexibility index (Phi) is 8.93. The Balaban J connectivity index is 1.38. The van der Waals surface area contributed by atoms with E-state index in [0.29, 0.717) is 29.3 Å². The van der Waals surface area contributed by atoms with Gasteiger partial charge in [0, 0.05) is 24.0 Å². The van der Waals surface area contributed by atoms with E-state index in [4.69, 9.17) is 9.26 Å². The number of nitrogens with zero attached hydrogens (tertiary/aromatic N) is 2. The third-order valence-corrected chi connectivity index (χ3v) is 4.84. The highest BCUT2D eigenvalue weighted by Gasteiger charge is 2.12. The summed E-state index contributed by atoms with van der Waals surface area (Å²) in [5, 5.41) is 3.83. The topological polar surface area (TPSA) is 106 Å². The van der Waals surface area contributed by atoms with Crippen molar-refractivity contribution in [1.29, 1.82) is 0 Å². The normalized spacial score (nSPS) is 10.6. The van der Waals surface area contributed by atoms with Crippen molar-refractivity contribution >= 4 is 11.8 Å². The third-order valence-electron chi connectivity index (χ3n) is 4.84. The van der Waals surface area contributed by atoms with E-state index in [1.165, 1.54) is 25.0 Å². The molecule has 0 fully saturated rings. The number of aryl methyl sites for hydroxylation is 1. The summed E-state index contributed by atoms with van der Waals surface area (Å²) in [4.78, 5) is 28.4. The number of halogens is 1. The average molecular weight is 455 g/mol. The second-order valence-electron chi connectivity index (χ2n) is 7.45. The molecule has 8 nitrogen and oxygen atoms in total. The van der Waals surface area contributed by atoms with Crippen LogP contribution in [-0.2, 0) is 11.2 Å². The number of carbonyl (C=O) groups is 2. The number of rotatable bonds is 11. The monoisotopic (exact) mass is 454 g/mol. The minimum absolute atomic E-state index is 0.0378. The van der Waals surface area contributed by atoms with Gasteiger partial charge in [-0.2, -0.15) is 4.98 Å². The molecule has 0 aliphatic rings. The molecule has 9 heteroatoms. The predicted molar refractivity (Wildman–Crippen MR) is 120 cm³/mol. The number of hydrogen-bond donors (Lipinski definition) is 2. The van der Waals surface area contributed by atoms with E-state index in [1.807, 2.05) is 0 Å². The Labute approximate surface area is 191 Å². The van der Waals surface area contributed by atoms with Crippen LogP contribution in [0.25, 0.3) is 11.4 Å². The van der Waals surface area contributed by atoms with Gasteiger partial charge in [-0.25, -0.2) is 4.39 Å². The molecule has 0 atom stereocenters. The van der Waals surface area contributed by atoms with Crippen LogP contribution in [0.4, 0.5) is 4.39 Å². The van der Waals surface area contributed by atoms with Gasteiger partial charge < -0.3 is 9.26 Å². The summed E-state index contributed by atoms with van der Waals surface area (Å²) >= 11 is 0. The molecular weight excluding hydrogens is 427 g/mol. The van der Waals surface area contributed by atoms with Crippen molar-refractivity contribution in [1.82, 2.24) is 21.0 Å². The SMILES string of the molecule is CCCCCCOc1ccc(C(=O)NNC(=O)CCc2nc(-c3ccc(F)cc3)no2)cc1. The summed E-state index contributed by atoms with van der Waals surface area (Å²) in [6.07, 6.45) is 4.74. The summed E-state index contributed by atoms with van der Waals surface area (Å²) < 4.78 is 23.8. The molecule has 2 amide bonds. The van der Waals surface area contributed by atoms with Gasteiger partial charge in [0.05, 0.1) is 6.61 Å². The summed E-state index contributed by atoms with van der Waals surface area (Å²) in [6.45, 7) is 2.81. The van der Waals surface area contributed by atoms with Crippen LogP contribution in [-0.4, -0.2) is 28.6 Å². The third kappa shape index (κ3) is 7.71. The Morgan fingerprint density at radius 2 is 1.76 bits per heavy atom. The fourth-order valence-electron chi connectivity index (χ4n) is 2.98. The molecule has 174 valence electrons. The number of unbranched alkanes of at least 4 members (excludes halogenated alkanes) is 3. The molecule has 3 aromatic rings. The largest absolute Gasteiger partial charge is 0.494 e. The lowest BCUT2D eigenvalue weighted by Gasteiger charge is -2.08. The molecule has 2 N–H and O–H groups in total. The summed E-state index contributed by atoms with van der Waals surface area (Å²) in [6, 6.07) is 12.4. The van der Waals surface area contributed by atoms with Gasteiger partial charge in [-0.15, -0.1) is 0 Å². The first-order valence-electron chi connectivity index (χ1n) is 11.0. The molecule has 0 saturated carbocycles. The van der Waals surface area contributed by atoms with Crippen LogP contribution in [0, 0.1) is 5.82 Å². The lowest BCUT2D eigenvalue weighted by atomic mass is 10.2. The molecule has 0 spiro atoms. The van der Waals surface area contributed by atoms with E-state index in [2.05, 4.69) is 27.9 Å². The smallest absolute Gasteiger partial charge is 0.269 e. The van der Waals surface area contributed by atoms with Gasteiger partial charge in [0.1, 0.15) is 11.6 Å². The van der Waals surface area contributed by atoms with Crippen molar-refractivity contribution in [2.45, 2.75) is 45.4 Å². The first-order chi connectivity index (χ1) is 16.0. The fraction of sp³-hybridized carbons (Fsp3) is 0.333. The molecule has 1 heterocycles. The van der Waals surface area contributed by atoms with E-state index in [0.717, 1.165) is 12.8 Å². The zero-order chi connectivity index (χ0) is 23.5. The van der Waals surface area contributed by atoms with Crippen LogP contribution < -0.4 is 15.6 Å². The number of nitrogens with one attached hydrogen (secondary N) is 2. The maximum absolute atomic E-state index is 13.0. The van der Waals surface area contributed by atoms with Crippen LogP contribution >= 0.6 is 0 Å². The second kappa shape index (κ2) is 12.3. The van der Waals surface area contributed by atoms with Gasteiger partial charge in [-0.05, 0) is 55.0 Å². The van der Waals surface area contributed by atoms with Crippen LogP contribution in [0.1, 0.15) is 55.3 Å². The highest BCUT2D eigenvalue weighted by atomic mass is 19.1. The quantitative estimate of drug-likeness (QED) is 0.332. The van der Waals surface area contributed by atoms with Crippen molar-refractivity contribution in [3.05, 3.63) is 65.8 Å². The number of amides is 2. The fourth-order valence-corrected chi connectivity index (χ4v) is 2.98.